The monoisotopic (exact) mass is 350 g/mol. The van der Waals surface area contributed by atoms with E-state index in [1.807, 2.05) is 30.3 Å². The standard InChI is InChI=1S/C19H21F3N2O/c20-19(21,22)18(24-12-10-23-11-13-24)16-8-4-5-9-17(16)25-14-15-6-2-1-3-7-15/h1-9,18,23H,10-14H2/t18-/m0/s1. The first-order valence-corrected chi connectivity index (χ1v) is 8.33. The van der Waals surface area contributed by atoms with Gasteiger partial charge in [-0.2, -0.15) is 13.2 Å². The molecule has 0 spiro atoms. The molecule has 25 heavy (non-hydrogen) atoms. The first-order valence-electron chi connectivity index (χ1n) is 8.33. The summed E-state index contributed by atoms with van der Waals surface area (Å²) in [6, 6.07) is 14.2. The van der Waals surface area contributed by atoms with Gasteiger partial charge in [0.15, 0.2) is 0 Å². The van der Waals surface area contributed by atoms with Crippen LogP contribution in [0.2, 0.25) is 0 Å². The van der Waals surface area contributed by atoms with Crippen LogP contribution in [-0.2, 0) is 6.61 Å². The van der Waals surface area contributed by atoms with Crippen LogP contribution < -0.4 is 10.1 Å². The molecule has 134 valence electrons. The Balaban J connectivity index is 1.85. The molecule has 1 N–H and O–H groups in total. The second-order valence-corrected chi connectivity index (χ2v) is 6.04. The van der Waals surface area contributed by atoms with Crippen molar-refractivity contribution < 1.29 is 17.9 Å². The molecule has 1 saturated heterocycles. The lowest BCUT2D eigenvalue weighted by atomic mass is 10.0. The third kappa shape index (κ3) is 4.52. The Bertz CT molecular complexity index is 670. The molecule has 2 aromatic carbocycles. The number of nitrogens with zero attached hydrogens (tertiary/aromatic N) is 1. The van der Waals surface area contributed by atoms with Crippen molar-refractivity contribution in [2.45, 2.75) is 18.8 Å². The van der Waals surface area contributed by atoms with Crippen LogP contribution in [0.15, 0.2) is 54.6 Å². The van der Waals surface area contributed by atoms with Crippen LogP contribution in [0.3, 0.4) is 0 Å². The molecule has 1 aliphatic rings. The Labute approximate surface area is 145 Å². The summed E-state index contributed by atoms with van der Waals surface area (Å²) in [5.74, 6) is 0.284. The fourth-order valence-electron chi connectivity index (χ4n) is 3.09. The van der Waals surface area contributed by atoms with E-state index in [9.17, 15) is 13.2 Å². The predicted molar refractivity (Wildman–Crippen MR) is 90.5 cm³/mol. The van der Waals surface area contributed by atoms with Crippen molar-refractivity contribution in [3.63, 3.8) is 0 Å². The summed E-state index contributed by atoms with van der Waals surface area (Å²) in [6.07, 6.45) is -4.36. The van der Waals surface area contributed by atoms with Gasteiger partial charge in [-0.3, -0.25) is 4.90 Å². The normalized spacial score (nSPS) is 17.2. The molecule has 3 nitrogen and oxygen atoms in total. The van der Waals surface area contributed by atoms with Crippen molar-refractivity contribution in [3.8, 4) is 5.75 Å². The Hall–Kier alpha value is -2.05. The van der Waals surface area contributed by atoms with Crippen LogP contribution in [-0.4, -0.2) is 37.3 Å². The van der Waals surface area contributed by atoms with Gasteiger partial charge in [-0.25, -0.2) is 0 Å². The summed E-state index contributed by atoms with van der Waals surface area (Å²) < 4.78 is 47.2. The molecule has 1 atom stereocenters. The highest BCUT2D eigenvalue weighted by Crippen LogP contribution is 2.41. The molecular formula is C19H21F3N2O. The van der Waals surface area contributed by atoms with E-state index in [4.69, 9.17) is 4.74 Å². The van der Waals surface area contributed by atoms with Gasteiger partial charge in [0.1, 0.15) is 18.4 Å². The molecule has 3 rings (SSSR count). The van der Waals surface area contributed by atoms with Crippen molar-refractivity contribution in [2.24, 2.45) is 0 Å². The smallest absolute Gasteiger partial charge is 0.408 e. The van der Waals surface area contributed by atoms with Crippen molar-refractivity contribution in [3.05, 3.63) is 65.7 Å². The number of hydrogen-bond acceptors (Lipinski definition) is 3. The van der Waals surface area contributed by atoms with E-state index in [-0.39, 0.29) is 17.9 Å². The van der Waals surface area contributed by atoms with Gasteiger partial charge in [-0.05, 0) is 11.6 Å². The van der Waals surface area contributed by atoms with Crippen molar-refractivity contribution in [2.75, 3.05) is 26.2 Å². The number of ether oxygens (including phenoxy) is 1. The van der Waals surface area contributed by atoms with E-state index in [1.54, 1.807) is 18.2 Å². The number of benzene rings is 2. The molecule has 0 aliphatic carbocycles. The quantitative estimate of drug-likeness (QED) is 0.888. The van der Waals surface area contributed by atoms with Crippen molar-refractivity contribution >= 4 is 0 Å². The molecule has 0 aromatic heterocycles. The van der Waals surface area contributed by atoms with Crippen molar-refractivity contribution in [1.82, 2.24) is 10.2 Å². The SMILES string of the molecule is FC(F)(F)[C@H](c1ccccc1OCc1ccccc1)N1CCNCC1. The van der Waals surface area contributed by atoms with Gasteiger partial charge in [-0.15, -0.1) is 0 Å². The maximum Gasteiger partial charge on any atom is 0.408 e. The molecule has 0 amide bonds. The molecule has 1 heterocycles. The molecule has 0 radical (unpaired) electrons. The molecule has 0 saturated carbocycles. The summed E-state index contributed by atoms with van der Waals surface area (Å²) in [7, 11) is 0. The number of nitrogens with one attached hydrogen (secondary N) is 1. The summed E-state index contributed by atoms with van der Waals surface area (Å²) in [5, 5.41) is 3.09. The van der Waals surface area contributed by atoms with E-state index in [0.29, 0.717) is 26.2 Å². The Morgan fingerprint density at radius 2 is 1.60 bits per heavy atom. The topological polar surface area (TPSA) is 24.5 Å². The van der Waals surface area contributed by atoms with E-state index in [1.165, 1.54) is 11.0 Å². The zero-order valence-electron chi connectivity index (χ0n) is 13.8. The van der Waals surface area contributed by atoms with Gasteiger partial charge in [0, 0.05) is 31.7 Å². The van der Waals surface area contributed by atoms with Crippen LogP contribution in [0, 0.1) is 0 Å². The molecule has 1 aliphatic heterocycles. The van der Waals surface area contributed by atoms with Gasteiger partial charge in [0.05, 0.1) is 0 Å². The summed E-state index contributed by atoms with van der Waals surface area (Å²) >= 11 is 0. The molecule has 0 bridgehead atoms. The lowest BCUT2D eigenvalue weighted by Crippen LogP contribution is -2.49. The summed E-state index contributed by atoms with van der Waals surface area (Å²) in [4.78, 5) is 1.47. The number of hydrogen-bond donors (Lipinski definition) is 1. The average Bonchev–Trinajstić information content (AvgIpc) is 2.62. The third-order valence-corrected chi connectivity index (χ3v) is 4.28. The fraction of sp³-hybridized carbons (Fsp3) is 0.368. The van der Waals surface area contributed by atoms with Crippen LogP contribution in [0.4, 0.5) is 13.2 Å². The van der Waals surface area contributed by atoms with Gasteiger partial charge < -0.3 is 10.1 Å². The van der Waals surface area contributed by atoms with E-state index in [0.717, 1.165) is 5.56 Å². The fourth-order valence-corrected chi connectivity index (χ4v) is 3.09. The molecular weight excluding hydrogens is 329 g/mol. The Kier molecular flexibility index (Phi) is 5.60. The minimum absolute atomic E-state index is 0.174. The van der Waals surface area contributed by atoms with E-state index in [2.05, 4.69) is 5.32 Å². The largest absolute Gasteiger partial charge is 0.489 e. The van der Waals surface area contributed by atoms with E-state index >= 15 is 0 Å². The second kappa shape index (κ2) is 7.89. The highest BCUT2D eigenvalue weighted by atomic mass is 19.4. The highest BCUT2D eigenvalue weighted by Gasteiger charge is 2.46. The average molecular weight is 350 g/mol. The number of alkyl halides is 3. The number of rotatable bonds is 5. The first kappa shape index (κ1) is 17.8. The van der Waals surface area contributed by atoms with E-state index < -0.39 is 12.2 Å². The third-order valence-electron chi connectivity index (χ3n) is 4.28. The zero-order chi connectivity index (χ0) is 17.7. The Morgan fingerprint density at radius 1 is 0.960 bits per heavy atom. The summed E-state index contributed by atoms with van der Waals surface area (Å²) in [5.41, 5.74) is 1.09. The second-order valence-electron chi connectivity index (χ2n) is 6.04. The number of para-hydroxylation sites is 1. The minimum atomic E-state index is -4.36. The lowest BCUT2D eigenvalue weighted by molar-refractivity contribution is -0.188. The van der Waals surface area contributed by atoms with Crippen LogP contribution >= 0.6 is 0 Å². The maximum atomic E-state index is 13.8. The van der Waals surface area contributed by atoms with Gasteiger partial charge in [0.25, 0.3) is 0 Å². The molecule has 1 fully saturated rings. The van der Waals surface area contributed by atoms with Gasteiger partial charge in [0.2, 0.25) is 0 Å². The van der Waals surface area contributed by atoms with Crippen LogP contribution in [0.5, 0.6) is 5.75 Å². The number of halogens is 3. The Morgan fingerprint density at radius 3 is 2.28 bits per heavy atom. The van der Waals surface area contributed by atoms with Gasteiger partial charge >= 0.3 is 6.18 Å². The summed E-state index contributed by atoms with van der Waals surface area (Å²) in [6.45, 7) is 2.07. The highest BCUT2D eigenvalue weighted by molar-refractivity contribution is 5.37. The lowest BCUT2D eigenvalue weighted by Gasteiger charge is -2.36. The van der Waals surface area contributed by atoms with Gasteiger partial charge in [-0.1, -0.05) is 48.5 Å². The maximum absolute atomic E-state index is 13.8. The minimum Gasteiger partial charge on any atom is -0.489 e. The first-order chi connectivity index (χ1) is 12.1. The molecule has 6 heteroatoms. The molecule has 0 unspecified atom stereocenters. The van der Waals surface area contributed by atoms with Crippen LogP contribution in [0.25, 0.3) is 0 Å². The van der Waals surface area contributed by atoms with Crippen molar-refractivity contribution in [1.29, 1.82) is 0 Å². The zero-order valence-corrected chi connectivity index (χ0v) is 13.8. The van der Waals surface area contributed by atoms with Crippen LogP contribution in [0.1, 0.15) is 17.2 Å². The molecule has 2 aromatic rings. The number of piperazine rings is 1. The predicted octanol–water partition coefficient (Wildman–Crippen LogP) is 3.77.